The molecule has 1 saturated heterocycles. The molecule has 1 aliphatic rings. The van der Waals surface area contributed by atoms with Gasteiger partial charge in [0.05, 0.1) is 19.1 Å². The van der Waals surface area contributed by atoms with Crippen LogP contribution in [0.25, 0.3) is 0 Å². The number of hydrogen-bond donors (Lipinski definition) is 6. The predicted octanol–water partition coefficient (Wildman–Crippen LogP) is -0.621. The van der Waals surface area contributed by atoms with E-state index in [0.717, 1.165) is 27.7 Å². The fourth-order valence-corrected chi connectivity index (χ4v) is 6.26. The summed E-state index contributed by atoms with van der Waals surface area (Å²) in [6.07, 6.45) is -8.10. The van der Waals surface area contributed by atoms with E-state index in [1.165, 1.54) is 12.1 Å². The molecule has 63 heavy (non-hydrogen) atoms. The summed E-state index contributed by atoms with van der Waals surface area (Å²) in [5.41, 5.74) is 7.25. The molecule has 1 fully saturated rings. The molecule has 0 unspecified atom stereocenters. The number of benzene rings is 2. The Labute approximate surface area is 363 Å². The minimum absolute atomic E-state index is 0.0256. The lowest BCUT2D eigenvalue weighted by molar-refractivity contribution is -0.301. The number of phenols is 1. The van der Waals surface area contributed by atoms with Gasteiger partial charge in [0.25, 0.3) is 0 Å². The van der Waals surface area contributed by atoms with Gasteiger partial charge in [-0.15, -0.1) is 0 Å². The summed E-state index contributed by atoms with van der Waals surface area (Å²) in [7, 11) is 0. The molecule has 21 heteroatoms. The topological polar surface area (TPSA) is 303 Å². The van der Waals surface area contributed by atoms with E-state index >= 15 is 0 Å². The Morgan fingerprint density at radius 2 is 1.22 bits per heavy atom. The van der Waals surface area contributed by atoms with E-state index in [9.17, 15) is 48.3 Å². The van der Waals surface area contributed by atoms with Crippen LogP contribution in [0, 0.1) is 5.92 Å². The van der Waals surface area contributed by atoms with Crippen LogP contribution in [-0.4, -0.2) is 127 Å². The average Bonchev–Trinajstić information content (AvgIpc) is 3.20. The van der Waals surface area contributed by atoms with Gasteiger partial charge >= 0.3 is 29.8 Å². The molecular weight excluding hydrogens is 830 g/mol. The SMILES string of the molecule is CC(=O)OC[C@H]1O[C@H](OC(=O)[C@H](CC(C)C)NC(=O)[C@H](Cc2ccccc2)NC(=O)CNC(=O)CNC(=O)[C@@H](N)Cc2ccc(O)cc2)[C@H](OC(C)=O)[C@@H](OC(C)=O)[C@@H]1OC(C)=O. The number of ether oxygens (including phenoxy) is 6. The number of rotatable bonds is 21. The number of esters is 5. The summed E-state index contributed by atoms with van der Waals surface area (Å²) in [6.45, 7) is 5.99. The predicted molar refractivity (Wildman–Crippen MR) is 217 cm³/mol. The number of amides is 4. The summed E-state index contributed by atoms with van der Waals surface area (Å²) in [5.74, 6) is -7.77. The normalized spacial score (nSPS) is 19.5. The van der Waals surface area contributed by atoms with Crippen molar-refractivity contribution in [2.45, 2.75) is 110 Å². The van der Waals surface area contributed by atoms with E-state index in [-0.39, 0.29) is 30.9 Å². The van der Waals surface area contributed by atoms with Crippen LogP contribution < -0.4 is 27.0 Å². The minimum atomic E-state index is -1.87. The van der Waals surface area contributed by atoms with E-state index in [1.807, 2.05) is 0 Å². The number of aromatic hydroxyl groups is 1. The highest BCUT2D eigenvalue weighted by Gasteiger charge is 2.54. The van der Waals surface area contributed by atoms with Crippen molar-refractivity contribution in [1.82, 2.24) is 21.3 Å². The zero-order valence-corrected chi connectivity index (χ0v) is 35.8. The van der Waals surface area contributed by atoms with Gasteiger partial charge in [0.15, 0.2) is 12.2 Å². The molecule has 0 bridgehead atoms. The maximum absolute atomic E-state index is 14.0. The molecule has 1 heterocycles. The Kier molecular flexibility index (Phi) is 19.9. The second-order valence-corrected chi connectivity index (χ2v) is 15.0. The van der Waals surface area contributed by atoms with E-state index in [4.69, 9.17) is 34.2 Å². The van der Waals surface area contributed by atoms with E-state index in [0.29, 0.717) is 11.1 Å². The minimum Gasteiger partial charge on any atom is -0.508 e. The summed E-state index contributed by atoms with van der Waals surface area (Å²) in [4.78, 5) is 115. The maximum Gasteiger partial charge on any atom is 0.331 e. The van der Waals surface area contributed by atoms with Crippen LogP contribution in [0.2, 0.25) is 0 Å². The third kappa shape index (κ3) is 17.7. The fourth-order valence-electron chi connectivity index (χ4n) is 6.26. The lowest BCUT2D eigenvalue weighted by atomic mass is 9.98. The first-order chi connectivity index (χ1) is 29.7. The first kappa shape index (κ1) is 50.7. The van der Waals surface area contributed by atoms with Gasteiger partial charge in [0, 0.05) is 34.1 Å². The number of nitrogens with one attached hydrogen (secondary N) is 4. The largest absolute Gasteiger partial charge is 0.508 e. The zero-order valence-electron chi connectivity index (χ0n) is 35.8. The van der Waals surface area contributed by atoms with Gasteiger partial charge in [-0.2, -0.15) is 0 Å². The molecule has 4 amide bonds. The molecule has 8 atom stereocenters. The highest BCUT2D eigenvalue weighted by Crippen LogP contribution is 2.30. The Bertz CT molecular complexity index is 1930. The van der Waals surface area contributed by atoms with Gasteiger partial charge < -0.3 is 60.5 Å². The van der Waals surface area contributed by atoms with Crippen LogP contribution in [0.4, 0.5) is 0 Å². The van der Waals surface area contributed by atoms with Crippen molar-refractivity contribution >= 4 is 53.5 Å². The van der Waals surface area contributed by atoms with Gasteiger partial charge in [0.1, 0.15) is 30.5 Å². The van der Waals surface area contributed by atoms with Crippen molar-refractivity contribution in [1.29, 1.82) is 0 Å². The summed E-state index contributed by atoms with van der Waals surface area (Å²) >= 11 is 0. The fraction of sp³-hybridized carbons (Fsp3) is 0.500. The van der Waals surface area contributed by atoms with Gasteiger partial charge in [-0.3, -0.25) is 38.4 Å². The molecule has 0 aromatic heterocycles. The lowest BCUT2D eigenvalue weighted by Gasteiger charge is -2.43. The van der Waals surface area contributed by atoms with Gasteiger partial charge in [0.2, 0.25) is 36.0 Å². The van der Waals surface area contributed by atoms with Crippen LogP contribution >= 0.6 is 0 Å². The zero-order chi connectivity index (χ0) is 46.8. The van der Waals surface area contributed by atoms with Crippen molar-refractivity contribution < 1.29 is 76.7 Å². The highest BCUT2D eigenvalue weighted by atomic mass is 16.7. The molecule has 0 spiro atoms. The molecule has 2 aromatic carbocycles. The standard InChI is InChI=1S/C42H55N5O16/c1-22(2)16-32(41(57)63-42-38(61-26(6)51)37(60-25(5)50)36(59-24(4)49)33(62-42)21-58-23(3)48)47-40(56)31(18-27-10-8-7-9-11-27)46-35(54)20-44-34(53)19-45-39(55)30(43)17-28-12-14-29(52)15-13-28/h7-15,22,30-33,36-38,42,52H,16-21,43H2,1-6H3,(H,44,53)(H,45,55)(H,46,54)(H,47,56)/t30-,31-,32-,33+,36+,37-,38+,42+/m0/s1. The molecule has 344 valence electrons. The van der Waals surface area contributed by atoms with Crippen molar-refractivity contribution in [3.63, 3.8) is 0 Å². The Morgan fingerprint density at radius 3 is 1.81 bits per heavy atom. The summed E-state index contributed by atoms with van der Waals surface area (Å²) in [6, 6.07) is 10.9. The van der Waals surface area contributed by atoms with Crippen molar-refractivity contribution in [2.75, 3.05) is 19.7 Å². The second kappa shape index (κ2) is 24.7. The third-order valence-corrected chi connectivity index (χ3v) is 9.02. The number of carbonyl (C=O) groups is 9. The number of phenolic OH excluding ortho intramolecular Hbond substituents is 1. The number of hydrogen-bond acceptors (Lipinski definition) is 17. The quantitative estimate of drug-likeness (QED) is 0.0672. The Hall–Kier alpha value is -6.61. The molecule has 7 N–H and O–H groups in total. The van der Waals surface area contributed by atoms with Gasteiger partial charge in [-0.25, -0.2) is 4.79 Å². The first-order valence-corrected chi connectivity index (χ1v) is 19.9. The summed E-state index contributed by atoms with van der Waals surface area (Å²) < 4.78 is 32.8. The van der Waals surface area contributed by atoms with Crippen molar-refractivity contribution in [2.24, 2.45) is 11.7 Å². The molecular formula is C42H55N5O16. The Morgan fingerprint density at radius 1 is 0.651 bits per heavy atom. The molecule has 0 saturated carbocycles. The third-order valence-electron chi connectivity index (χ3n) is 9.02. The lowest BCUT2D eigenvalue weighted by Crippen LogP contribution is -2.63. The average molecular weight is 886 g/mol. The molecule has 1 aliphatic heterocycles. The van der Waals surface area contributed by atoms with Gasteiger partial charge in [-0.05, 0) is 42.0 Å². The first-order valence-electron chi connectivity index (χ1n) is 19.9. The van der Waals surface area contributed by atoms with Crippen LogP contribution in [0.1, 0.15) is 59.1 Å². The maximum atomic E-state index is 14.0. The molecule has 0 aliphatic carbocycles. The van der Waals surface area contributed by atoms with Crippen LogP contribution in [-0.2, 0) is 84.4 Å². The molecule has 0 radical (unpaired) electrons. The van der Waals surface area contributed by atoms with Crippen molar-refractivity contribution in [3.8, 4) is 5.75 Å². The highest BCUT2D eigenvalue weighted by molar-refractivity contribution is 5.93. The van der Waals surface area contributed by atoms with E-state index in [2.05, 4.69) is 21.3 Å². The number of carbonyl (C=O) groups excluding carboxylic acids is 9. The summed E-state index contributed by atoms with van der Waals surface area (Å²) in [5, 5.41) is 19.4. The van der Waals surface area contributed by atoms with E-state index < -0.39 is 122 Å². The van der Waals surface area contributed by atoms with Crippen LogP contribution in [0.15, 0.2) is 54.6 Å². The number of nitrogens with two attached hydrogens (primary N) is 1. The van der Waals surface area contributed by atoms with E-state index in [1.54, 1.807) is 56.3 Å². The molecule has 21 nitrogen and oxygen atoms in total. The van der Waals surface area contributed by atoms with Crippen molar-refractivity contribution in [3.05, 3.63) is 65.7 Å². The molecule has 2 aromatic rings. The van der Waals surface area contributed by atoms with Gasteiger partial charge in [-0.1, -0.05) is 56.3 Å². The Balaban J connectivity index is 1.77. The monoisotopic (exact) mass is 885 g/mol. The molecule has 3 rings (SSSR count). The smallest absolute Gasteiger partial charge is 0.331 e. The second-order valence-electron chi connectivity index (χ2n) is 15.0. The van der Waals surface area contributed by atoms with Crippen LogP contribution in [0.3, 0.4) is 0 Å². The van der Waals surface area contributed by atoms with Crippen LogP contribution in [0.5, 0.6) is 5.75 Å².